The molecule has 0 radical (unpaired) electrons. The van der Waals surface area contributed by atoms with Crippen LogP contribution in [0.15, 0.2) is 23.1 Å². The van der Waals surface area contributed by atoms with Gasteiger partial charge < -0.3 is 0 Å². The van der Waals surface area contributed by atoms with Crippen molar-refractivity contribution in [2.75, 3.05) is 26.7 Å². The van der Waals surface area contributed by atoms with E-state index in [4.69, 9.17) is 3.97 Å². The number of rotatable bonds is 6. The van der Waals surface area contributed by atoms with Gasteiger partial charge in [-0.15, -0.1) is 0 Å². The average Bonchev–Trinajstić information content (AvgIpc) is 2.21. The van der Waals surface area contributed by atoms with Crippen LogP contribution in [0.3, 0.4) is 0 Å². The van der Waals surface area contributed by atoms with Crippen LogP contribution in [0.1, 0.15) is 30.9 Å². The Morgan fingerprint density at radius 3 is 2.25 bits per heavy atom. The summed E-state index contributed by atoms with van der Waals surface area (Å²) in [7, 11) is -3.71. The Kier molecular flexibility index (Phi) is 5.06. The monoisotopic (exact) mass is 318 g/mol. The molecule has 0 unspecified atom stereocenters. The number of aryl methyl sites for hydroxylation is 2. The van der Waals surface area contributed by atoms with Gasteiger partial charge in [0.1, 0.15) is 0 Å². The molecule has 0 spiro atoms. The second-order valence-electron chi connectivity index (χ2n) is 7.11. The topological polar surface area (TPSA) is 43.4 Å². The molecule has 116 valence electrons. The Labute approximate surface area is 123 Å². The molecule has 0 fully saturated rings. The molecule has 1 aromatic carbocycles. The zero-order valence-corrected chi connectivity index (χ0v) is 15.1. The van der Waals surface area contributed by atoms with Crippen molar-refractivity contribution in [1.29, 1.82) is 0 Å². The van der Waals surface area contributed by atoms with E-state index in [1.807, 2.05) is 51.8 Å². The summed E-state index contributed by atoms with van der Waals surface area (Å²) >= 11 is 0. The van der Waals surface area contributed by atoms with Crippen molar-refractivity contribution in [3.8, 4) is 0 Å². The van der Waals surface area contributed by atoms with Crippen LogP contribution in [-0.4, -0.2) is 35.1 Å². The van der Waals surface area contributed by atoms with Crippen LogP contribution in [0.5, 0.6) is 0 Å². The second kappa shape index (κ2) is 5.75. The summed E-state index contributed by atoms with van der Waals surface area (Å²) in [5.74, 6) is 0. The zero-order chi connectivity index (χ0) is 15.6. The molecule has 1 rings (SSSR count). The SMILES string of the molecule is CCCCc1cccc(C)c1S(=O)(=O)OP(C)(C)(C)C. The molecule has 0 amide bonds. The first-order valence-corrected chi connectivity index (χ1v) is 12.3. The molecule has 0 saturated carbocycles. The summed E-state index contributed by atoms with van der Waals surface area (Å²) in [5.41, 5.74) is 1.63. The molecule has 20 heavy (non-hydrogen) atoms. The molecule has 3 nitrogen and oxygen atoms in total. The Balaban J connectivity index is 3.31. The Hall–Kier alpha value is -0.440. The normalized spacial score (nSPS) is 14.8. The van der Waals surface area contributed by atoms with Crippen molar-refractivity contribution in [2.24, 2.45) is 0 Å². The predicted molar refractivity (Wildman–Crippen MR) is 88.7 cm³/mol. The molecule has 0 bridgehead atoms. The first-order chi connectivity index (χ1) is 8.92. The van der Waals surface area contributed by atoms with Gasteiger partial charge in [0, 0.05) is 0 Å². The van der Waals surface area contributed by atoms with Gasteiger partial charge in [-0.25, -0.2) is 0 Å². The van der Waals surface area contributed by atoms with E-state index >= 15 is 0 Å². The van der Waals surface area contributed by atoms with Crippen LogP contribution in [0.2, 0.25) is 0 Å². The van der Waals surface area contributed by atoms with E-state index in [-0.39, 0.29) is 0 Å². The quantitative estimate of drug-likeness (QED) is 0.744. The van der Waals surface area contributed by atoms with Crippen LogP contribution >= 0.6 is 6.83 Å². The first-order valence-electron chi connectivity index (χ1n) is 6.98. The molecular weight excluding hydrogens is 291 g/mol. The van der Waals surface area contributed by atoms with Crippen molar-refractivity contribution < 1.29 is 12.4 Å². The Bertz CT molecular complexity index is 574. The maximum atomic E-state index is 12.7. The summed E-state index contributed by atoms with van der Waals surface area (Å²) in [6, 6.07) is 5.64. The minimum atomic E-state index is -3.71. The molecular formula is C15H27O3PS. The fraction of sp³-hybridized carbons (Fsp3) is 0.600. The van der Waals surface area contributed by atoms with E-state index in [9.17, 15) is 8.42 Å². The summed E-state index contributed by atoms with van der Waals surface area (Å²) in [4.78, 5) is 0.370. The van der Waals surface area contributed by atoms with Gasteiger partial charge in [-0.05, 0) is 0 Å². The Morgan fingerprint density at radius 1 is 1.15 bits per heavy atom. The molecule has 0 atom stereocenters. The van der Waals surface area contributed by atoms with Gasteiger partial charge in [0.25, 0.3) is 0 Å². The third kappa shape index (κ3) is 5.16. The van der Waals surface area contributed by atoms with E-state index in [1.54, 1.807) is 0 Å². The molecule has 0 aliphatic heterocycles. The van der Waals surface area contributed by atoms with Crippen LogP contribution in [0, 0.1) is 6.92 Å². The first kappa shape index (κ1) is 17.6. The fourth-order valence-corrected chi connectivity index (χ4v) is 6.46. The summed E-state index contributed by atoms with van der Waals surface area (Å²) < 4.78 is 30.9. The minimum absolute atomic E-state index is 0.370. The van der Waals surface area contributed by atoms with E-state index in [0.29, 0.717) is 4.90 Å². The van der Waals surface area contributed by atoms with Crippen LogP contribution in [-0.2, 0) is 20.5 Å². The van der Waals surface area contributed by atoms with Crippen molar-refractivity contribution in [3.63, 3.8) is 0 Å². The third-order valence-electron chi connectivity index (χ3n) is 2.74. The summed E-state index contributed by atoms with van der Waals surface area (Å²) in [5, 5.41) is 0. The standard InChI is InChI=1S/C15H27O3PS/c1-7-8-11-14-12-9-10-13(2)15(14)20(16,17)18-19(3,4,5)6/h9-10,12H,7-8,11H2,1-6H3. The third-order valence-corrected chi connectivity index (χ3v) is 6.99. The molecule has 0 aliphatic carbocycles. The fourth-order valence-electron chi connectivity index (χ4n) is 2.06. The van der Waals surface area contributed by atoms with Gasteiger partial charge >= 0.3 is 123 Å². The van der Waals surface area contributed by atoms with Gasteiger partial charge in [0.15, 0.2) is 0 Å². The number of unbranched alkanes of at least 4 members (excludes halogenated alkanes) is 1. The van der Waals surface area contributed by atoms with Gasteiger partial charge in [0.2, 0.25) is 0 Å². The van der Waals surface area contributed by atoms with Crippen LogP contribution in [0.25, 0.3) is 0 Å². The molecule has 1 aromatic rings. The van der Waals surface area contributed by atoms with Crippen molar-refractivity contribution in [3.05, 3.63) is 29.3 Å². The molecule has 0 aromatic heterocycles. The summed E-state index contributed by atoms with van der Waals surface area (Å²) in [6.07, 6.45) is 2.79. The second-order valence-corrected chi connectivity index (χ2v) is 15.8. The van der Waals surface area contributed by atoms with E-state index in [2.05, 4.69) is 6.92 Å². The van der Waals surface area contributed by atoms with Crippen LogP contribution < -0.4 is 0 Å². The zero-order valence-electron chi connectivity index (χ0n) is 13.4. The van der Waals surface area contributed by atoms with Crippen molar-refractivity contribution in [2.45, 2.75) is 38.0 Å². The number of benzene rings is 1. The summed E-state index contributed by atoms with van der Waals surface area (Å²) in [6.45, 7) is 8.91. The molecule has 0 aliphatic rings. The van der Waals surface area contributed by atoms with Gasteiger partial charge in [-0.2, -0.15) is 0 Å². The number of hydrogen-bond acceptors (Lipinski definition) is 3. The molecule has 0 N–H and O–H groups in total. The number of hydrogen-bond donors (Lipinski definition) is 0. The molecule has 0 heterocycles. The van der Waals surface area contributed by atoms with Gasteiger partial charge in [-0.3, -0.25) is 0 Å². The maximum absolute atomic E-state index is 12.7. The van der Waals surface area contributed by atoms with E-state index < -0.39 is 16.9 Å². The van der Waals surface area contributed by atoms with Gasteiger partial charge in [-0.1, -0.05) is 0 Å². The van der Waals surface area contributed by atoms with Crippen molar-refractivity contribution >= 4 is 16.9 Å². The molecule has 5 heteroatoms. The average molecular weight is 318 g/mol. The van der Waals surface area contributed by atoms with E-state index in [0.717, 1.165) is 30.4 Å². The van der Waals surface area contributed by atoms with Crippen molar-refractivity contribution in [1.82, 2.24) is 0 Å². The van der Waals surface area contributed by atoms with E-state index in [1.165, 1.54) is 0 Å². The predicted octanol–water partition coefficient (Wildman–Crippen LogP) is 4.03. The van der Waals surface area contributed by atoms with Crippen LogP contribution in [0.4, 0.5) is 0 Å². The molecule has 0 saturated heterocycles. The Morgan fingerprint density at radius 2 is 1.75 bits per heavy atom. The van der Waals surface area contributed by atoms with Gasteiger partial charge in [0.05, 0.1) is 0 Å².